The zero-order valence-corrected chi connectivity index (χ0v) is 17.4. The van der Waals surface area contributed by atoms with Crippen LogP contribution in [0.25, 0.3) is 0 Å². The number of likely N-dealkylation sites (tertiary alicyclic amines) is 1. The van der Waals surface area contributed by atoms with Crippen LogP contribution in [-0.2, 0) is 14.3 Å². The van der Waals surface area contributed by atoms with Gasteiger partial charge in [0.25, 0.3) is 0 Å². The molecule has 0 radical (unpaired) electrons. The summed E-state index contributed by atoms with van der Waals surface area (Å²) in [7, 11) is 0. The summed E-state index contributed by atoms with van der Waals surface area (Å²) in [5.41, 5.74) is 2.59. The lowest BCUT2D eigenvalue weighted by atomic mass is 9.96. The van der Waals surface area contributed by atoms with Gasteiger partial charge in [0.05, 0.1) is 18.6 Å². The molecular weight excluding hydrogens is 354 g/mol. The number of hydrogen-bond acceptors (Lipinski definition) is 5. The van der Waals surface area contributed by atoms with E-state index in [0.29, 0.717) is 32.5 Å². The second-order valence-corrected chi connectivity index (χ2v) is 7.84. The Kier molecular flexibility index (Phi) is 6.94. The lowest BCUT2D eigenvalue weighted by molar-refractivity contribution is -0.152. The number of nitrogens with zero attached hydrogens (tertiary/aromatic N) is 3. The third-order valence-corrected chi connectivity index (χ3v) is 6.10. The van der Waals surface area contributed by atoms with E-state index in [9.17, 15) is 9.59 Å². The van der Waals surface area contributed by atoms with E-state index in [4.69, 9.17) is 4.74 Å². The van der Waals surface area contributed by atoms with Gasteiger partial charge in [-0.15, -0.1) is 0 Å². The van der Waals surface area contributed by atoms with Crippen molar-refractivity contribution in [2.24, 2.45) is 5.92 Å². The highest BCUT2D eigenvalue weighted by Crippen LogP contribution is 2.23. The van der Waals surface area contributed by atoms with E-state index in [1.54, 1.807) is 0 Å². The van der Waals surface area contributed by atoms with Crippen molar-refractivity contribution in [1.82, 2.24) is 9.80 Å². The minimum absolute atomic E-state index is 0.0584. The first-order valence-corrected chi connectivity index (χ1v) is 10.5. The smallest absolute Gasteiger partial charge is 0.309 e. The topological polar surface area (TPSA) is 53.1 Å². The number of ether oxygens (including phenoxy) is 1. The number of para-hydroxylation sites is 1. The molecule has 1 aromatic rings. The Bertz CT molecular complexity index is 677. The average molecular weight is 388 g/mol. The molecule has 6 nitrogen and oxygen atoms in total. The van der Waals surface area contributed by atoms with E-state index in [0.717, 1.165) is 26.2 Å². The van der Waals surface area contributed by atoms with Crippen LogP contribution in [0.4, 0.5) is 5.69 Å². The van der Waals surface area contributed by atoms with E-state index in [1.807, 2.05) is 18.7 Å². The van der Waals surface area contributed by atoms with Crippen molar-refractivity contribution < 1.29 is 14.3 Å². The summed E-state index contributed by atoms with van der Waals surface area (Å²) >= 11 is 0. The number of anilines is 1. The third-order valence-electron chi connectivity index (χ3n) is 6.10. The van der Waals surface area contributed by atoms with Gasteiger partial charge in [0.15, 0.2) is 0 Å². The predicted molar refractivity (Wildman–Crippen MR) is 110 cm³/mol. The lowest BCUT2D eigenvalue weighted by Crippen LogP contribution is -2.55. The quantitative estimate of drug-likeness (QED) is 0.726. The summed E-state index contributed by atoms with van der Waals surface area (Å²) in [5.74, 6) is 0.0126. The molecule has 2 heterocycles. The van der Waals surface area contributed by atoms with Crippen LogP contribution in [0.3, 0.4) is 0 Å². The van der Waals surface area contributed by atoms with Crippen molar-refractivity contribution in [3.63, 3.8) is 0 Å². The fraction of sp³-hybridized carbons (Fsp3) is 0.636. The van der Waals surface area contributed by atoms with Crippen molar-refractivity contribution in [3.8, 4) is 0 Å². The van der Waals surface area contributed by atoms with E-state index in [1.165, 1.54) is 11.3 Å². The fourth-order valence-electron chi connectivity index (χ4n) is 4.28. The van der Waals surface area contributed by atoms with Crippen molar-refractivity contribution in [3.05, 3.63) is 29.8 Å². The van der Waals surface area contributed by atoms with Crippen molar-refractivity contribution >= 4 is 17.6 Å². The molecule has 154 valence electrons. The number of aryl methyl sites for hydroxylation is 1. The minimum atomic E-state index is -0.116. The van der Waals surface area contributed by atoms with Gasteiger partial charge in [-0.3, -0.25) is 14.5 Å². The summed E-state index contributed by atoms with van der Waals surface area (Å²) in [6.07, 6.45) is 1.41. The van der Waals surface area contributed by atoms with Gasteiger partial charge in [-0.25, -0.2) is 0 Å². The van der Waals surface area contributed by atoms with Gasteiger partial charge >= 0.3 is 5.97 Å². The average Bonchev–Trinajstić information content (AvgIpc) is 2.73. The lowest BCUT2D eigenvalue weighted by Gasteiger charge is -2.41. The molecule has 3 rings (SSSR count). The SMILES string of the molecule is CCOC(=O)C1CCN(C(=O)C(C)N2CCN(c3ccccc3C)CC2)CC1. The second-order valence-electron chi connectivity index (χ2n) is 7.84. The fourth-order valence-corrected chi connectivity index (χ4v) is 4.28. The molecule has 2 fully saturated rings. The number of carbonyl (C=O) groups excluding carboxylic acids is 2. The van der Waals surface area contributed by atoms with Gasteiger partial charge in [0.2, 0.25) is 5.91 Å². The number of carbonyl (C=O) groups is 2. The Morgan fingerprint density at radius 3 is 2.32 bits per heavy atom. The van der Waals surface area contributed by atoms with E-state index >= 15 is 0 Å². The number of piperidine rings is 1. The van der Waals surface area contributed by atoms with Gasteiger partial charge in [0, 0.05) is 45.0 Å². The number of hydrogen-bond donors (Lipinski definition) is 0. The molecule has 0 bridgehead atoms. The molecule has 0 aliphatic carbocycles. The normalized spacial score (nSPS) is 20.1. The Labute approximate surface area is 168 Å². The van der Waals surface area contributed by atoms with Crippen molar-refractivity contribution in [2.75, 3.05) is 50.8 Å². The number of benzene rings is 1. The molecular formula is C22H33N3O3. The molecule has 2 saturated heterocycles. The van der Waals surface area contributed by atoms with Crippen molar-refractivity contribution in [2.45, 2.75) is 39.7 Å². The molecule has 0 saturated carbocycles. The number of piperazine rings is 1. The molecule has 2 aliphatic rings. The first-order valence-electron chi connectivity index (χ1n) is 10.5. The first-order chi connectivity index (χ1) is 13.5. The Morgan fingerprint density at radius 2 is 1.71 bits per heavy atom. The molecule has 0 N–H and O–H groups in total. The van der Waals surface area contributed by atoms with Gasteiger partial charge in [-0.2, -0.15) is 0 Å². The largest absolute Gasteiger partial charge is 0.466 e. The van der Waals surface area contributed by atoms with Gasteiger partial charge in [0.1, 0.15) is 0 Å². The molecule has 1 amide bonds. The monoisotopic (exact) mass is 387 g/mol. The van der Waals surface area contributed by atoms with E-state index < -0.39 is 0 Å². The zero-order valence-electron chi connectivity index (χ0n) is 17.4. The number of amides is 1. The standard InChI is InChI=1S/C22H33N3O3/c1-4-28-22(27)19-9-11-25(12-10-19)21(26)18(3)23-13-15-24(16-14-23)20-8-6-5-7-17(20)2/h5-8,18-19H,4,9-16H2,1-3H3. The first kappa shape index (κ1) is 20.6. The summed E-state index contributed by atoms with van der Waals surface area (Å²) in [6, 6.07) is 8.36. The minimum Gasteiger partial charge on any atom is -0.466 e. The predicted octanol–water partition coefficient (Wildman–Crippen LogP) is 2.31. The van der Waals surface area contributed by atoms with Crippen molar-refractivity contribution in [1.29, 1.82) is 0 Å². The van der Waals surface area contributed by atoms with Crippen LogP contribution in [-0.4, -0.2) is 73.6 Å². The molecule has 1 aromatic carbocycles. The summed E-state index contributed by atoms with van der Waals surface area (Å²) < 4.78 is 5.12. The van der Waals surface area contributed by atoms with Gasteiger partial charge in [-0.1, -0.05) is 18.2 Å². The highest BCUT2D eigenvalue weighted by molar-refractivity contribution is 5.82. The molecule has 1 unspecified atom stereocenters. The van der Waals surface area contributed by atoms with E-state index in [-0.39, 0.29) is 23.8 Å². The summed E-state index contributed by atoms with van der Waals surface area (Å²) in [5, 5.41) is 0. The Morgan fingerprint density at radius 1 is 1.07 bits per heavy atom. The van der Waals surface area contributed by atoms with E-state index in [2.05, 4.69) is 41.0 Å². The van der Waals surface area contributed by atoms with Gasteiger partial charge < -0.3 is 14.5 Å². The van der Waals surface area contributed by atoms with Crippen LogP contribution in [0.5, 0.6) is 0 Å². The van der Waals surface area contributed by atoms with Crippen LogP contribution in [0.1, 0.15) is 32.3 Å². The molecule has 2 aliphatic heterocycles. The molecule has 28 heavy (non-hydrogen) atoms. The Balaban J connectivity index is 1.49. The maximum absolute atomic E-state index is 13.0. The maximum atomic E-state index is 13.0. The maximum Gasteiger partial charge on any atom is 0.309 e. The number of rotatable bonds is 5. The molecule has 0 aromatic heterocycles. The Hall–Kier alpha value is -2.08. The van der Waals surface area contributed by atoms with Crippen LogP contribution in [0.2, 0.25) is 0 Å². The molecule has 1 atom stereocenters. The van der Waals surface area contributed by atoms with Crippen LogP contribution >= 0.6 is 0 Å². The molecule has 6 heteroatoms. The zero-order chi connectivity index (χ0) is 20.1. The van der Waals surface area contributed by atoms with Gasteiger partial charge in [-0.05, 0) is 45.2 Å². The van der Waals surface area contributed by atoms with Crippen LogP contribution < -0.4 is 4.90 Å². The number of esters is 1. The second kappa shape index (κ2) is 9.41. The summed E-state index contributed by atoms with van der Waals surface area (Å²) in [6.45, 7) is 11.4. The highest BCUT2D eigenvalue weighted by atomic mass is 16.5. The molecule has 0 spiro atoms. The van der Waals surface area contributed by atoms with Crippen LogP contribution in [0, 0.1) is 12.8 Å². The summed E-state index contributed by atoms with van der Waals surface area (Å²) in [4.78, 5) is 31.5. The highest BCUT2D eigenvalue weighted by Gasteiger charge is 2.33. The third kappa shape index (κ3) is 4.66. The van der Waals surface area contributed by atoms with Crippen LogP contribution in [0.15, 0.2) is 24.3 Å².